The third-order valence-corrected chi connectivity index (χ3v) is 5.09. The van der Waals surface area contributed by atoms with Crippen LogP contribution in [0.3, 0.4) is 0 Å². The van der Waals surface area contributed by atoms with E-state index in [4.69, 9.17) is 15.2 Å². The minimum Gasteiger partial charge on any atom is -0.466 e. The number of halogens is 2. The molecule has 1 aliphatic heterocycles. The Kier molecular flexibility index (Phi) is 6.25. The van der Waals surface area contributed by atoms with E-state index in [1.54, 1.807) is 30.3 Å². The third-order valence-electron chi connectivity index (χ3n) is 5.09. The van der Waals surface area contributed by atoms with Gasteiger partial charge in [-0.1, -0.05) is 36.4 Å². The summed E-state index contributed by atoms with van der Waals surface area (Å²) in [5.41, 5.74) is 4.93. The molecule has 0 saturated carbocycles. The number of aryl methyl sites for hydroxylation is 1. The molecule has 1 atom stereocenters. The number of nitrogens with zero attached hydrogens (tertiary/aromatic N) is 2. The lowest BCUT2D eigenvalue weighted by Gasteiger charge is -2.36. The second-order valence-electron chi connectivity index (χ2n) is 6.86. The number of methoxy groups -OCH3 is 2. The molecule has 0 aromatic heterocycles. The van der Waals surface area contributed by atoms with Crippen molar-refractivity contribution in [3.05, 3.63) is 87.9 Å². The molecular formula is C23H19F2N3O4. The first-order valence-electron chi connectivity index (χ1n) is 9.38. The molecule has 2 aromatic rings. The number of allylic oxidation sites excluding steroid dienone is 1. The first-order valence-corrected chi connectivity index (χ1v) is 9.38. The molecule has 32 heavy (non-hydrogen) atoms. The normalized spacial score (nSPS) is 16.0. The zero-order chi connectivity index (χ0) is 23.6. The molecule has 1 heterocycles. The van der Waals surface area contributed by atoms with Gasteiger partial charge in [-0.3, -0.25) is 4.90 Å². The van der Waals surface area contributed by atoms with Gasteiger partial charge in [0.2, 0.25) is 0 Å². The van der Waals surface area contributed by atoms with Gasteiger partial charge in [0.15, 0.2) is 5.82 Å². The van der Waals surface area contributed by atoms with Crippen molar-refractivity contribution in [2.24, 2.45) is 5.73 Å². The number of nitrogens with two attached hydrogens (primary N) is 1. The van der Waals surface area contributed by atoms with Crippen molar-refractivity contribution in [1.82, 2.24) is 0 Å². The van der Waals surface area contributed by atoms with Crippen molar-refractivity contribution in [2.75, 3.05) is 19.1 Å². The molecule has 1 unspecified atom stereocenters. The average Bonchev–Trinajstić information content (AvgIpc) is 2.81. The lowest BCUT2D eigenvalue weighted by atomic mass is 9.81. The summed E-state index contributed by atoms with van der Waals surface area (Å²) in [6, 6.07) is 12.4. The largest absolute Gasteiger partial charge is 0.466 e. The molecule has 0 amide bonds. The van der Waals surface area contributed by atoms with E-state index in [1.807, 2.05) is 6.07 Å². The minimum atomic E-state index is -1.13. The quantitative estimate of drug-likeness (QED) is 0.730. The van der Waals surface area contributed by atoms with Gasteiger partial charge in [0, 0.05) is 0 Å². The standard InChI is InChI=1S/C23H19F2N3O4/c1-12-9-10-15(24)19(18(12)25)28-20(23(30)32-3)17(22(29)31-2)16(14(11-26)21(28)27)13-7-5-4-6-8-13/h4-10,16H,27H2,1-3H3. The molecule has 0 spiro atoms. The monoisotopic (exact) mass is 439 g/mol. The SMILES string of the molecule is COC(=O)C1=C(C(=O)OC)N(c2c(F)ccc(C)c2F)C(N)=C(C#N)C1c1ccccc1. The van der Waals surface area contributed by atoms with Gasteiger partial charge in [0.1, 0.15) is 23.0 Å². The highest BCUT2D eigenvalue weighted by Gasteiger charge is 2.44. The Morgan fingerprint density at radius 3 is 2.25 bits per heavy atom. The van der Waals surface area contributed by atoms with Crippen molar-refractivity contribution < 1.29 is 27.8 Å². The number of benzene rings is 2. The highest BCUT2D eigenvalue weighted by molar-refractivity contribution is 6.06. The Bertz CT molecular complexity index is 1200. The van der Waals surface area contributed by atoms with Crippen LogP contribution in [0.15, 0.2) is 65.1 Å². The zero-order valence-electron chi connectivity index (χ0n) is 17.5. The number of anilines is 1. The second kappa shape index (κ2) is 8.89. The number of ether oxygens (including phenoxy) is 2. The first kappa shape index (κ1) is 22.5. The predicted molar refractivity (Wildman–Crippen MR) is 111 cm³/mol. The fourth-order valence-electron chi connectivity index (χ4n) is 3.59. The second-order valence-corrected chi connectivity index (χ2v) is 6.86. The van der Waals surface area contributed by atoms with E-state index in [9.17, 15) is 19.2 Å². The van der Waals surface area contributed by atoms with Crippen LogP contribution in [0.1, 0.15) is 17.0 Å². The summed E-state index contributed by atoms with van der Waals surface area (Å²) in [5, 5.41) is 9.91. The lowest BCUT2D eigenvalue weighted by Crippen LogP contribution is -2.41. The van der Waals surface area contributed by atoms with Crippen LogP contribution in [0.25, 0.3) is 0 Å². The summed E-state index contributed by atoms with van der Waals surface area (Å²) in [6.45, 7) is 1.39. The maximum atomic E-state index is 15.1. The molecule has 2 aromatic carbocycles. The fraction of sp³-hybridized carbons (Fsp3) is 0.174. The number of rotatable bonds is 4. The van der Waals surface area contributed by atoms with Gasteiger partial charge in [0.25, 0.3) is 0 Å². The fourth-order valence-corrected chi connectivity index (χ4v) is 3.59. The van der Waals surface area contributed by atoms with Crippen molar-refractivity contribution in [3.8, 4) is 6.07 Å². The van der Waals surface area contributed by atoms with Crippen molar-refractivity contribution in [2.45, 2.75) is 12.8 Å². The third kappa shape index (κ3) is 3.56. The topological polar surface area (TPSA) is 106 Å². The van der Waals surface area contributed by atoms with Gasteiger partial charge in [-0.05, 0) is 24.1 Å². The molecule has 0 fully saturated rings. The van der Waals surface area contributed by atoms with Gasteiger partial charge >= 0.3 is 11.9 Å². The summed E-state index contributed by atoms with van der Waals surface area (Å²) >= 11 is 0. The van der Waals surface area contributed by atoms with Gasteiger partial charge in [-0.2, -0.15) is 5.26 Å². The van der Waals surface area contributed by atoms with Crippen LogP contribution in [0, 0.1) is 29.9 Å². The summed E-state index contributed by atoms with van der Waals surface area (Å²) in [5.74, 6) is -5.71. The van der Waals surface area contributed by atoms with Crippen LogP contribution >= 0.6 is 0 Å². The van der Waals surface area contributed by atoms with E-state index < -0.39 is 46.7 Å². The number of carbonyl (C=O) groups excluding carboxylic acids is 2. The van der Waals surface area contributed by atoms with Crippen LogP contribution in [-0.4, -0.2) is 26.2 Å². The van der Waals surface area contributed by atoms with Gasteiger partial charge in [0.05, 0.1) is 37.4 Å². The summed E-state index contributed by atoms with van der Waals surface area (Å²) in [7, 11) is 2.13. The van der Waals surface area contributed by atoms with Gasteiger partial charge in [-0.15, -0.1) is 0 Å². The maximum Gasteiger partial charge on any atom is 0.355 e. The van der Waals surface area contributed by atoms with Crippen molar-refractivity contribution in [1.29, 1.82) is 5.26 Å². The van der Waals surface area contributed by atoms with Crippen LogP contribution in [0.4, 0.5) is 14.5 Å². The van der Waals surface area contributed by atoms with E-state index in [0.717, 1.165) is 20.3 Å². The molecule has 0 radical (unpaired) electrons. The molecule has 9 heteroatoms. The van der Waals surface area contributed by atoms with E-state index in [1.165, 1.54) is 13.0 Å². The number of nitriles is 1. The van der Waals surface area contributed by atoms with Gasteiger partial charge in [-0.25, -0.2) is 18.4 Å². The number of esters is 2. The van der Waals surface area contributed by atoms with Crippen LogP contribution in [0.2, 0.25) is 0 Å². The lowest BCUT2D eigenvalue weighted by molar-refractivity contribution is -0.139. The molecule has 1 aliphatic rings. The molecule has 2 N–H and O–H groups in total. The van der Waals surface area contributed by atoms with E-state index >= 15 is 4.39 Å². The highest BCUT2D eigenvalue weighted by Crippen LogP contribution is 2.44. The molecule has 3 rings (SSSR count). The molecule has 164 valence electrons. The van der Waals surface area contributed by atoms with E-state index in [-0.39, 0.29) is 16.7 Å². The molecule has 0 bridgehead atoms. The Balaban J connectivity index is 2.49. The number of hydrogen-bond acceptors (Lipinski definition) is 7. The molecular weight excluding hydrogens is 420 g/mol. The Labute approximate surface area is 182 Å². The maximum absolute atomic E-state index is 15.1. The van der Waals surface area contributed by atoms with Crippen molar-refractivity contribution in [3.63, 3.8) is 0 Å². The average molecular weight is 439 g/mol. The summed E-state index contributed by atoms with van der Waals surface area (Å²) in [6.07, 6.45) is 0. The van der Waals surface area contributed by atoms with Crippen LogP contribution < -0.4 is 10.6 Å². The Hall–Kier alpha value is -4.19. The van der Waals surface area contributed by atoms with E-state index in [2.05, 4.69) is 0 Å². The minimum absolute atomic E-state index is 0.0572. The summed E-state index contributed by atoms with van der Waals surface area (Å²) in [4.78, 5) is 26.5. The zero-order valence-corrected chi connectivity index (χ0v) is 17.5. The first-order chi connectivity index (χ1) is 15.3. The molecule has 0 aliphatic carbocycles. The van der Waals surface area contributed by atoms with Crippen molar-refractivity contribution >= 4 is 17.6 Å². The smallest absolute Gasteiger partial charge is 0.355 e. The van der Waals surface area contributed by atoms with Crippen LogP contribution in [-0.2, 0) is 19.1 Å². The highest BCUT2D eigenvalue weighted by atomic mass is 19.1. The number of hydrogen-bond donors (Lipinski definition) is 1. The Morgan fingerprint density at radius 2 is 1.69 bits per heavy atom. The van der Waals surface area contributed by atoms with Gasteiger partial charge < -0.3 is 15.2 Å². The molecule has 0 saturated heterocycles. The Morgan fingerprint density at radius 1 is 1.06 bits per heavy atom. The number of carbonyl (C=O) groups is 2. The predicted octanol–water partition coefficient (Wildman–Crippen LogP) is 3.17. The van der Waals surface area contributed by atoms with E-state index in [0.29, 0.717) is 10.5 Å². The van der Waals surface area contributed by atoms with Crippen LogP contribution in [0.5, 0.6) is 0 Å². The summed E-state index contributed by atoms with van der Waals surface area (Å²) < 4.78 is 39.6. The molecule has 7 nitrogen and oxygen atoms in total.